The largest absolute Gasteiger partial charge is 0.433 e. The van der Waals surface area contributed by atoms with E-state index in [0.717, 1.165) is 0 Å². The van der Waals surface area contributed by atoms with Crippen LogP contribution < -0.4 is 0 Å². The van der Waals surface area contributed by atoms with Crippen LogP contribution in [0.1, 0.15) is 33.6 Å². The van der Waals surface area contributed by atoms with E-state index in [9.17, 15) is 18.0 Å². The third kappa shape index (κ3) is 2.75. The Morgan fingerprint density at radius 2 is 2.21 bits per heavy atom. The molecule has 2 aromatic heterocycles. The van der Waals surface area contributed by atoms with E-state index in [0.29, 0.717) is 5.82 Å². The van der Waals surface area contributed by atoms with Crippen molar-refractivity contribution in [3.05, 3.63) is 29.1 Å². The van der Waals surface area contributed by atoms with Crippen molar-refractivity contribution in [3.63, 3.8) is 0 Å². The van der Waals surface area contributed by atoms with Crippen LogP contribution in [0.15, 0.2) is 6.33 Å². The van der Waals surface area contributed by atoms with Crippen molar-refractivity contribution in [2.45, 2.75) is 19.1 Å². The van der Waals surface area contributed by atoms with Crippen molar-refractivity contribution in [1.29, 1.82) is 0 Å². The first-order valence-electron chi connectivity index (χ1n) is 7.15. The van der Waals surface area contributed by atoms with Gasteiger partial charge in [-0.25, -0.2) is 4.98 Å². The van der Waals surface area contributed by atoms with Gasteiger partial charge in [-0.05, 0) is 6.92 Å². The zero-order valence-corrected chi connectivity index (χ0v) is 13.0. The number of alkyl halides is 3. The molecule has 1 atom stereocenters. The molecule has 0 spiro atoms. The molecule has 0 aromatic carbocycles. The SMILES string of the molecule is Cc1c(C(=O)N2CCOCC2c2ncnn2C)n[nH]c1C(F)(F)F. The van der Waals surface area contributed by atoms with Gasteiger partial charge in [0.25, 0.3) is 5.91 Å². The maximum atomic E-state index is 12.9. The Morgan fingerprint density at radius 3 is 2.79 bits per heavy atom. The molecule has 1 fully saturated rings. The minimum absolute atomic E-state index is 0.188. The molecule has 11 heteroatoms. The first kappa shape index (κ1) is 16.4. The molecule has 0 bridgehead atoms. The number of carbonyl (C=O) groups excluding carboxylic acids is 1. The highest BCUT2D eigenvalue weighted by Crippen LogP contribution is 2.32. The first-order valence-corrected chi connectivity index (χ1v) is 7.15. The van der Waals surface area contributed by atoms with E-state index >= 15 is 0 Å². The lowest BCUT2D eigenvalue weighted by molar-refractivity contribution is -0.141. The number of hydrogen-bond donors (Lipinski definition) is 1. The smallest absolute Gasteiger partial charge is 0.377 e. The summed E-state index contributed by atoms with van der Waals surface area (Å²) in [4.78, 5) is 18.3. The van der Waals surface area contributed by atoms with E-state index in [1.807, 2.05) is 5.10 Å². The standard InChI is InChI=1S/C13H15F3N6O2/c1-7-9(19-20-10(7)13(14,15)16)12(23)22-3-4-24-5-8(22)11-17-6-18-21(11)2/h6,8H,3-5H2,1-2H3,(H,19,20). The highest BCUT2D eigenvalue weighted by molar-refractivity contribution is 5.94. The fraction of sp³-hybridized carbons (Fsp3) is 0.538. The molecule has 0 aliphatic carbocycles. The molecule has 1 aliphatic rings. The van der Waals surface area contributed by atoms with Crippen molar-refractivity contribution in [1.82, 2.24) is 29.9 Å². The summed E-state index contributed by atoms with van der Waals surface area (Å²) in [6.07, 6.45) is -3.25. The number of halogens is 3. The highest BCUT2D eigenvalue weighted by Gasteiger charge is 2.39. The molecule has 8 nitrogen and oxygen atoms in total. The van der Waals surface area contributed by atoms with Gasteiger partial charge in [-0.1, -0.05) is 0 Å². The molecule has 2 aromatic rings. The molecule has 3 heterocycles. The summed E-state index contributed by atoms with van der Waals surface area (Å²) in [5, 5.41) is 9.44. The lowest BCUT2D eigenvalue weighted by atomic mass is 10.1. The molecule has 1 amide bonds. The number of rotatable bonds is 2. The Balaban J connectivity index is 1.93. The van der Waals surface area contributed by atoms with Crippen LogP contribution in [0, 0.1) is 6.92 Å². The van der Waals surface area contributed by atoms with E-state index in [1.54, 1.807) is 7.05 Å². The summed E-state index contributed by atoms with van der Waals surface area (Å²) < 4.78 is 45.5. The van der Waals surface area contributed by atoms with Crippen molar-refractivity contribution in [3.8, 4) is 0 Å². The molecule has 1 N–H and O–H groups in total. The summed E-state index contributed by atoms with van der Waals surface area (Å²) in [7, 11) is 1.67. The van der Waals surface area contributed by atoms with Crippen LogP contribution >= 0.6 is 0 Å². The Bertz CT molecular complexity index is 753. The Labute approximate surface area is 134 Å². The molecular formula is C13H15F3N6O2. The van der Waals surface area contributed by atoms with Crippen LogP contribution in [0.5, 0.6) is 0 Å². The van der Waals surface area contributed by atoms with Gasteiger partial charge in [-0.3, -0.25) is 14.6 Å². The van der Waals surface area contributed by atoms with Crippen molar-refractivity contribution < 1.29 is 22.7 Å². The number of morpholine rings is 1. The number of nitrogens with zero attached hydrogens (tertiary/aromatic N) is 5. The van der Waals surface area contributed by atoms with Gasteiger partial charge in [-0.2, -0.15) is 23.4 Å². The highest BCUT2D eigenvalue weighted by atomic mass is 19.4. The number of amides is 1. The first-order chi connectivity index (χ1) is 11.3. The van der Waals surface area contributed by atoms with E-state index in [1.165, 1.54) is 22.8 Å². The molecule has 1 unspecified atom stereocenters. The topological polar surface area (TPSA) is 88.9 Å². The van der Waals surface area contributed by atoms with Crippen LogP contribution in [0.25, 0.3) is 0 Å². The lowest BCUT2D eigenvalue weighted by Crippen LogP contribution is -2.44. The third-order valence-corrected chi connectivity index (χ3v) is 3.93. The zero-order valence-electron chi connectivity index (χ0n) is 13.0. The van der Waals surface area contributed by atoms with Crippen LogP contribution in [0.2, 0.25) is 0 Å². The van der Waals surface area contributed by atoms with Crippen LogP contribution in [0.4, 0.5) is 13.2 Å². The van der Waals surface area contributed by atoms with E-state index < -0.39 is 23.8 Å². The predicted molar refractivity (Wildman–Crippen MR) is 73.9 cm³/mol. The molecule has 0 radical (unpaired) electrons. The van der Waals surface area contributed by atoms with Gasteiger partial charge >= 0.3 is 6.18 Å². The van der Waals surface area contributed by atoms with Crippen LogP contribution in [0.3, 0.4) is 0 Å². The van der Waals surface area contributed by atoms with Gasteiger partial charge in [0.15, 0.2) is 11.5 Å². The normalized spacial score (nSPS) is 18.9. The maximum Gasteiger partial charge on any atom is 0.433 e. The van der Waals surface area contributed by atoms with Gasteiger partial charge in [0.05, 0.1) is 13.2 Å². The summed E-state index contributed by atoms with van der Waals surface area (Å²) in [5.41, 5.74) is -1.50. The van der Waals surface area contributed by atoms with Crippen molar-refractivity contribution in [2.24, 2.45) is 7.05 Å². The number of aromatic nitrogens is 5. The number of nitrogens with one attached hydrogen (secondary N) is 1. The van der Waals surface area contributed by atoms with E-state index in [2.05, 4.69) is 15.2 Å². The fourth-order valence-corrected chi connectivity index (χ4v) is 2.69. The van der Waals surface area contributed by atoms with Gasteiger partial charge in [-0.15, -0.1) is 0 Å². The van der Waals surface area contributed by atoms with E-state index in [4.69, 9.17) is 4.74 Å². The Morgan fingerprint density at radius 1 is 1.46 bits per heavy atom. The minimum atomic E-state index is -4.59. The molecule has 130 valence electrons. The molecular weight excluding hydrogens is 329 g/mol. The Kier molecular flexibility index (Phi) is 4.03. The number of aryl methyl sites for hydroxylation is 1. The van der Waals surface area contributed by atoms with Crippen LogP contribution in [-0.4, -0.2) is 55.5 Å². The van der Waals surface area contributed by atoms with Crippen molar-refractivity contribution in [2.75, 3.05) is 19.8 Å². The van der Waals surface area contributed by atoms with Crippen LogP contribution in [-0.2, 0) is 18.0 Å². The lowest BCUT2D eigenvalue weighted by Gasteiger charge is -2.34. The quantitative estimate of drug-likeness (QED) is 0.881. The van der Waals surface area contributed by atoms with Gasteiger partial charge in [0.1, 0.15) is 18.1 Å². The minimum Gasteiger partial charge on any atom is -0.377 e. The molecule has 3 rings (SSSR count). The average Bonchev–Trinajstić information content (AvgIpc) is 3.12. The second-order valence-corrected chi connectivity index (χ2v) is 5.40. The summed E-state index contributed by atoms with van der Waals surface area (Å²) >= 11 is 0. The second kappa shape index (κ2) is 5.89. The average molecular weight is 344 g/mol. The number of ether oxygens (including phenoxy) is 1. The van der Waals surface area contributed by atoms with Gasteiger partial charge < -0.3 is 9.64 Å². The number of H-pyrrole nitrogens is 1. The molecule has 1 saturated heterocycles. The van der Waals surface area contributed by atoms with E-state index in [-0.39, 0.29) is 31.0 Å². The molecule has 1 aliphatic heterocycles. The maximum absolute atomic E-state index is 12.9. The zero-order chi connectivity index (χ0) is 17.5. The summed E-state index contributed by atoms with van der Waals surface area (Å²) in [6, 6.07) is -0.538. The summed E-state index contributed by atoms with van der Waals surface area (Å²) in [5.74, 6) is -0.108. The Hall–Kier alpha value is -2.43. The monoisotopic (exact) mass is 344 g/mol. The predicted octanol–water partition coefficient (Wildman–Crippen LogP) is 1.08. The number of carbonyl (C=O) groups is 1. The fourth-order valence-electron chi connectivity index (χ4n) is 2.69. The number of aromatic amines is 1. The van der Waals surface area contributed by atoms with Gasteiger partial charge in [0, 0.05) is 19.2 Å². The second-order valence-electron chi connectivity index (χ2n) is 5.40. The van der Waals surface area contributed by atoms with Gasteiger partial charge in [0.2, 0.25) is 0 Å². The molecule has 0 saturated carbocycles. The number of hydrogen-bond acceptors (Lipinski definition) is 5. The van der Waals surface area contributed by atoms with Crippen molar-refractivity contribution >= 4 is 5.91 Å². The third-order valence-electron chi connectivity index (χ3n) is 3.93. The summed E-state index contributed by atoms with van der Waals surface area (Å²) in [6.45, 7) is 1.92. The molecule has 24 heavy (non-hydrogen) atoms.